The Morgan fingerprint density at radius 2 is 2.25 bits per heavy atom. The molecule has 2 heterocycles. The third-order valence-electron chi connectivity index (χ3n) is 1.78. The van der Waals surface area contributed by atoms with Crippen molar-refractivity contribution in [2.45, 2.75) is 6.61 Å². The molecule has 64 valence electrons. The Morgan fingerprint density at radius 1 is 1.50 bits per heavy atom. The first-order valence-electron chi connectivity index (χ1n) is 3.41. The minimum atomic E-state index is 0.464. The van der Waals surface area contributed by atoms with Gasteiger partial charge in [-0.15, -0.1) is 0 Å². The molecule has 2 nitrogen and oxygen atoms in total. The maximum atomic E-state index is 5.92. The van der Waals surface area contributed by atoms with Gasteiger partial charge in [-0.3, -0.25) is 0 Å². The van der Waals surface area contributed by atoms with E-state index in [1.807, 2.05) is 6.07 Å². The summed E-state index contributed by atoms with van der Waals surface area (Å²) in [6, 6.07) is 1.81. The molecule has 0 saturated carbocycles. The maximum absolute atomic E-state index is 5.92. The molecular weight excluding hydrogens is 199 g/mol. The van der Waals surface area contributed by atoms with Gasteiger partial charge in [0.05, 0.1) is 12.1 Å². The molecule has 4 heteroatoms. The Balaban J connectivity index is 2.70. The van der Waals surface area contributed by atoms with Gasteiger partial charge in [0.15, 0.2) is 5.75 Å². The van der Waals surface area contributed by atoms with Crippen LogP contribution in [0.3, 0.4) is 0 Å². The molecule has 0 atom stereocenters. The zero-order valence-electron chi connectivity index (χ0n) is 6.36. The summed E-state index contributed by atoms with van der Waals surface area (Å²) in [6.07, 6.45) is 0. The topological polar surface area (TPSA) is 18.5 Å². The molecule has 0 fully saturated rings. The van der Waals surface area contributed by atoms with Crippen molar-refractivity contribution in [2.24, 2.45) is 0 Å². The molecule has 0 N–H and O–H groups in total. The van der Waals surface area contributed by atoms with Crippen LogP contribution in [0.25, 0.3) is 0 Å². The largest absolute Gasteiger partial charge is 0.495 e. The van der Waals surface area contributed by atoms with E-state index in [2.05, 4.69) is 0 Å². The van der Waals surface area contributed by atoms with Gasteiger partial charge in [-0.2, -0.15) is 0 Å². The Morgan fingerprint density at radius 3 is 2.75 bits per heavy atom. The minimum Gasteiger partial charge on any atom is -0.495 e. The number of benzene rings is 1. The minimum absolute atomic E-state index is 0.464. The summed E-state index contributed by atoms with van der Waals surface area (Å²) in [5, 5.41) is 1.01. The van der Waals surface area contributed by atoms with Gasteiger partial charge in [0, 0.05) is 5.56 Å². The predicted molar refractivity (Wildman–Crippen MR) is 47.3 cm³/mol. The highest BCUT2D eigenvalue weighted by atomic mass is 35.5. The van der Waals surface area contributed by atoms with Crippen molar-refractivity contribution < 1.29 is 9.47 Å². The molecular formula is C8H6Cl2O2. The average molecular weight is 205 g/mol. The lowest BCUT2D eigenvalue weighted by molar-refractivity contribution is 0.278. The molecule has 0 amide bonds. The Bertz CT molecular complexity index is 336. The normalized spacial score (nSPS) is 12.9. The van der Waals surface area contributed by atoms with E-state index in [1.54, 1.807) is 7.11 Å². The van der Waals surface area contributed by atoms with E-state index >= 15 is 0 Å². The zero-order chi connectivity index (χ0) is 8.72. The molecule has 0 aromatic heterocycles. The van der Waals surface area contributed by atoms with Crippen molar-refractivity contribution in [3.63, 3.8) is 0 Å². The Kier molecular flexibility index (Phi) is 1.81. The van der Waals surface area contributed by atoms with Gasteiger partial charge in [0.25, 0.3) is 0 Å². The van der Waals surface area contributed by atoms with Crippen molar-refractivity contribution in [2.75, 3.05) is 7.11 Å². The summed E-state index contributed by atoms with van der Waals surface area (Å²) in [7, 11) is 1.58. The number of rotatable bonds is 1. The van der Waals surface area contributed by atoms with Crippen molar-refractivity contribution in [3.05, 3.63) is 21.7 Å². The van der Waals surface area contributed by atoms with Crippen LogP contribution in [0.1, 0.15) is 5.56 Å². The highest BCUT2D eigenvalue weighted by Gasteiger charge is 2.23. The van der Waals surface area contributed by atoms with Crippen LogP contribution in [0.5, 0.6) is 11.5 Å². The van der Waals surface area contributed by atoms with Crippen molar-refractivity contribution in [1.82, 2.24) is 0 Å². The first-order chi connectivity index (χ1) is 5.74. The van der Waals surface area contributed by atoms with Gasteiger partial charge in [-0.25, -0.2) is 0 Å². The van der Waals surface area contributed by atoms with E-state index < -0.39 is 0 Å². The van der Waals surface area contributed by atoms with Crippen molar-refractivity contribution in [3.8, 4) is 11.5 Å². The van der Waals surface area contributed by atoms with Crippen LogP contribution in [0.2, 0.25) is 10.0 Å². The van der Waals surface area contributed by atoms with Crippen LogP contribution < -0.4 is 9.47 Å². The first kappa shape index (κ1) is 8.02. The molecule has 1 aromatic rings. The molecule has 2 bridgehead atoms. The second kappa shape index (κ2) is 2.71. The third kappa shape index (κ3) is 0.952. The molecule has 2 aliphatic rings. The van der Waals surface area contributed by atoms with Crippen molar-refractivity contribution >= 4 is 23.2 Å². The van der Waals surface area contributed by atoms with E-state index in [0.29, 0.717) is 28.2 Å². The fraction of sp³-hybridized carbons (Fsp3) is 0.250. The van der Waals surface area contributed by atoms with Crippen molar-refractivity contribution in [1.29, 1.82) is 0 Å². The predicted octanol–water partition coefficient (Wildman–Crippen LogP) is 2.89. The van der Waals surface area contributed by atoms with Crippen LogP contribution in [-0.4, -0.2) is 7.11 Å². The van der Waals surface area contributed by atoms with Crippen LogP contribution >= 0.6 is 23.2 Å². The number of methoxy groups -OCH3 is 1. The van der Waals surface area contributed by atoms with Gasteiger partial charge in [0.2, 0.25) is 0 Å². The quantitative estimate of drug-likeness (QED) is 0.701. The SMILES string of the molecule is COc1c2cc(Cl)c(c1Cl)OC2. The molecule has 0 radical (unpaired) electrons. The second-order valence-electron chi connectivity index (χ2n) is 2.48. The molecule has 0 aliphatic carbocycles. The maximum Gasteiger partial charge on any atom is 0.160 e. The number of halogens is 2. The molecule has 3 rings (SSSR count). The van der Waals surface area contributed by atoms with Crippen LogP contribution in [0, 0.1) is 0 Å². The number of hydrogen-bond donors (Lipinski definition) is 0. The Labute approximate surface area is 80.0 Å². The molecule has 0 spiro atoms. The first-order valence-corrected chi connectivity index (χ1v) is 4.17. The zero-order valence-corrected chi connectivity index (χ0v) is 7.87. The van der Waals surface area contributed by atoms with E-state index in [4.69, 9.17) is 32.7 Å². The standard InChI is InChI=1S/C8H6Cl2O2/c1-11-7-4-2-5(9)8(6(7)10)12-3-4/h2H,3H2,1H3. The van der Waals surface area contributed by atoms with E-state index in [9.17, 15) is 0 Å². The molecule has 0 unspecified atom stereocenters. The second-order valence-corrected chi connectivity index (χ2v) is 3.27. The number of hydrogen-bond acceptors (Lipinski definition) is 2. The average Bonchev–Trinajstić information content (AvgIpc) is 2.05. The summed E-state index contributed by atoms with van der Waals surface area (Å²) in [5.41, 5.74) is 0.891. The Hall–Kier alpha value is -0.600. The lowest BCUT2D eigenvalue weighted by Crippen LogP contribution is -2.07. The lowest BCUT2D eigenvalue weighted by atomic mass is 10.1. The highest BCUT2D eigenvalue weighted by Crippen LogP contribution is 2.46. The summed E-state index contributed by atoms with van der Waals surface area (Å²) >= 11 is 11.8. The summed E-state index contributed by atoms with van der Waals surface area (Å²) < 4.78 is 10.3. The van der Waals surface area contributed by atoms with E-state index in [1.165, 1.54) is 0 Å². The lowest BCUT2D eigenvalue weighted by Gasteiger charge is -2.21. The molecule has 2 aliphatic heterocycles. The summed E-state index contributed by atoms with van der Waals surface area (Å²) in [6.45, 7) is 0.491. The molecule has 0 saturated heterocycles. The van der Waals surface area contributed by atoms with E-state index in [0.717, 1.165) is 5.56 Å². The number of ether oxygens (including phenoxy) is 2. The van der Waals surface area contributed by atoms with Crippen LogP contribution in [0.4, 0.5) is 0 Å². The fourth-order valence-electron chi connectivity index (χ4n) is 1.24. The molecule has 12 heavy (non-hydrogen) atoms. The number of fused-ring (bicyclic) bond motifs is 3. The van der Waals surface area contributed by atoms with Gasteiger partial charge >= 0.3 is 0 Å². The smallest absolute Gasteiger partial charge is 0.160 e. The van der Waals surface area contributed by atoms with Crippen LogP contribution in [0.15, 0.2) is 6.07 Å². The monoisotopic (exact) mass is 204 g/mol. The molecule has 1 aromatic carbocycles. The fourth-order valence-corrected chi connectivity index (χ4v) is 1.93. The van der Waals surface area contributed by atoms with Crippen LogP contribution in [-0.2, 0) is 6.61 Å². The van der Waals surface area contributed by atoms with Gasteiger partial charge < -0.3 is 9.47 Å². The van der Waals surface area contributed by atoms with Gasteiger partial charge in [-0.05, 0) is 6.07 Å². The van der Waals surface area contributed by atoms with Gasteiger partial charge in [-0.1, -0.05) is 23.2 Å². The third-order valence-corrected chi connectivity index (χ3v) is 2.41. The summed E-state index contributed by atoms with van der Waals surface area (Å²) in [4.78, 5) is 0. The van der Waals surface area contributed by atoms with Gasteiger partial charge in [0.1, 0.15) is 17.4 Å². The highest BCUT2D eigenvalue weighted by molar-refractivity contribution is 6.38. The summed E-state index contributed by atoms with van der Waals surface area (Å²) in [5.74, 6) is 1.19. The van der Waals surface area contributed by atoms with E-state index in [-0.39, 0.29) is 0 Å².